The summed E-state index contributed by atoms with van der Waals surface area (Å²) < 4.78 is 13.6. The predicted molar refractivity (Wildman–Crippen MR) is 76.2 cm³/mol. The SMILES string of the molecule is CC(Nc1cccc(F)c1C#N)(C(=O)O)c1ccccc1. The number of hydrogen-bond donors (Lipinski definition) is 2. The molecule has 0 fully saturated rings. The van der Waals surface area contributed by atoms with E-state index in [0.717, 1.165) is 6.07 Å². The van der Waals surface area contributed by atoms with Crippen molar-refractivity contribution < 1.29 is 14.3 Å². The molecule has 1 atom stereocenters. The maximum atomic E-state index is 13.6. The molecule has 0 aliphatic heterocycles. The topological polar surface area (TPSA) is 73.1 Å². The second-order valence-corrected chi connectivity index (χ2v) is 4.70. The first-order valence-electron chi connectivity index (χ1n) is 6.25. The zero-order valence-electron chi connectivity index (χ0n) is 11.3. The quantitative estimate of drug-likeness (QED) is 0.904. The first kappa shape index (κ1) is 14.5. The van der Waals surface area contributed by atoms with E-state index in [4.69, 9.17) is 5.26 Å². The van der Waals surface area contributed by atoms with Crippen LogP contribution in [0.2, 0.25) is 0 Å². The molecular formula is C16H13FN2O2. The van der Waals surface area contributed by atoms with E-state index in [9.17, 15) is 14.3 Å². The van der Waals surface area contributed by atoms with Crippen LogP contribution in [0, 0.1) is 17.1 Å². The van der Waals surface area contributed by atoms with Crippen molar-refractivity contribution in [2.45, 2.75) is 12.5 Å². The third-order valence-corrected chi connectivity index (χ3v) is 3.29. The van der Waals surface area contributed by atoms with E-state index in [-0.39, 0.29) is 11.3 Å². The van der Waals surface area contributed by atoms with Crippen LogP contribution in [0.15, 0.2) is 48.5 Å². The Labute approximate surface area is 121 Å². The van der Waals surface area contributed by atoms with Crippen molar-refractivity contribution >= 4 is 11.7 Å². The van der Waals surface area contributed by atoms with E-state index in [1.807, 2.05) is 0 Å². The highest BCUT2D eigenvalue weighted by Gasteiger charge is 2.35. The zero-order valence-corrected chi connectivity index (χ0v) is 11.3. The van der Waals surface area contributed by atoms with Gasteiger partial charge in [0.05, 0.1) is 5.69 Å². The van der Waals surface area contributed by atoms with Gasteiger partial charge in [0.25, 0.3) is 0 Å². The molecule has 0 aliphatic rings. The number of rotatable bonds is 4. The molecule has 4 nitrogen and oxygen atoms in total. The summed E-state index contributed by atoms with van der Waals surface area (Å²) in [5, 5.41) is 21.3. The third-order valence-electron chi connectivity index (χ3n) is 3.29. The molecule has 0 aliphatic carbocycles. The average molecular weight is 284 g/mol. The van der Waals surface area contributed by atoms with Gasteiger partial charge in [-0.15, -0.1) is 0 Å². The molecule has 0 radical (unpaired) electrons. The van der Waals surface area contributed by atoms with Crippen LogP contribution >= 0.6 is 0 Å². The van der Waals surface area contributed by atoms with Crippen LogP contribution < -0.4 is 5.32 Å². The number of nitrogens with one attached hydrogen (secondary N) is 1. The number of carbonyl (C=O) groups is 1. The number of anilines is 1. The lowest BCUT2D eigenvalue weighted by Gasteiger charge is -2.28. The summed E-state index contributed by atoms with van der Waals surface area (Å²) in [5.74, 6) is -1.81. The van der Waals surface area contributed by atoms with Gasteiger partial charge in [-0.25, -0.2) is 9.18 Å². The summed E-state index contributed by atoms with van der Waals surface area (Å²) in [6, 6.07) is 14.3. The van der Waals surface area contributed by atoms with Gasteiger partial charge in [0, 0.05) is 0 Å². The largest absolute Gasteiger partial charge is 0.479 e. The Bertz CT molecular complexity index is 710. The molecule has 0 saturated carbocycles. The highest BCUT2D eigenvalue weighted by Crippen LogP contribution is 2.29. The molecule has 0 saturated heterocycles. The van der Waals surface area contributed by atoms with Gasteiger partial charge in [-0.3, -0.25) is 0 Å². The number of benzene rings is 2. The van der Waals surface area contributed by atoms with Gasteiger partial charge in [-0.2, -0.15) is 5.26 Å². The monoisotopic (exact) mass is 284 g/mol. The van der Waals surface area contributed by atoms with Gasteiger partial charge in [-0.1, -0.05) is 36.4 Å². The van der Waals surface area contributed by atoms with E-state index < -0.39 is 17.3 Å². The van der Waals surface area contributed by atoms with E-state index >= 15 is 0 Å². The molecule has 106 valence electrons. The Morgan fingerprint density at radius 1 is 1.24 bits per heavy atom. The summed E-state index contributed by atoms with van der Waals surface area (Å²) in [7, 11) is 0. The van der Waals surface area contributed by atoms with Gasteiger partial charge >= 0.3 is 5.97 Å². The second-order valence-electron chi connectivity index (χ2n) is 4.70. The lowest BCUT2D eigenvalue weighted by molar-refractivity contribution is -0.142. The zero-order chi connectivity index (χ0) is 15.5. The number of carboxylic acid groups (broad SMARTS) is 1. The first-order chi connectivity index (χ1) is 9.99. The van der Waals surface area contributed by atoms with Crippen molar-refractivity contribution in [1.82, 2.24) is 0 Å². The molecule has 0 heterocycles. The Morgan fingerprint density at radius 2 is 1.90 bits per heavy atom. The number of hydrogen-bond acceptors (Lipinski definition) is 3. The van der Waals surface area contributed by atoms with Crippen molar-refractivity contribution in [1.29, 1.82) is 5.26 Å². The molecule has 1 unspecified atom stereocenters. The molecule has 0 bridgehead atoms. The maximum absolute atomic E-state index is 13.6. The van der Waals surface area contributed by atoms with Crippen LogP contribution in [0.1, 0.15) is 18.1 Å². The Kier molecular flexibility index (Phi) is 3.90. The maximum Gasteiger partial charge on any atom is 0.333 e. The third kappa shape index (κ3) is 2.70. The lowest BCUT2D eigenvalue weighted by Crippen LogP contribution is -2.40. The predicted octanol–water partition coefficient (Wildman–Crippen LogP) is 3.11. The van der Waals surface area contributed by atoms with E-state index in [1.165, 1.54) is 19.1 Å². The van der Waals surface area contributed by atoms with Gasteiger partial charge in [0.2, 0.25) is 0 Å². The van der Waals surface area contributed by atoms with Crippen molar-refractivity contribution in [3.63, 3.8) is 0 Å². The fourth-order valence-electron chi connectivity index (χ4n) is 2.03. The van der Waals surface area contributed by atoms with Gasteiger partial charge in [0.1, 0.15) is 17.4 Å². The second kappa shape index (κ2) is 5.63. The van der Waals surface area contributed by atoms with Crippen LogP contribution in [0.4, 0.5) is 10.1 Å². The summed E-state index contributed by atoms with van der Waals surface area (Å²) in [5.41, 5.74) is -1.03. The van der Waals surface area contributed by atoms with Crippen LogP contribution in [-0.2, 0) is 10.3 Å². The standard InChI is InChI=1S/C16H13FN2O2/c1-16(15(20)21,11-6-3-2-4-7-11)19-14-9-5-8-13(17)12(14)10-18/h2-9,19H,1H3,(H,20,21). The molecule has 5 heteroatoms. The minimum absolute atomic E-state index is 0.145. The highest BCUT2D eigenvalue weighted by atomic mass is 19.1. The number of nitriles is 1. The molecule has 2 rings (SSSR count). The Morgan fingerprint density at radius 3 is 2.48 bits per heavy atom. The van der Waals surface area contributed by atoms with E-state index in [2.05, 4.69) is 5.32 Å². The molecule has 2 aromatic carbocycles. The first-order valence-corrected chi connectivity index (χ1v) is 6.25. The number of aliphatic carboxylic acids is 1. The van der Waals surface area contributed by atoms with Crippen LogP contribution in [0.3, 0.4) is 0 Å². The molecular weight excluding hydrogens is 271 g/mol. The Hall–Kier alpha value is -2.87. The number of carboxylic acids is 1. The number of nitrogens with zero attached hydrogens (tertiary/aromatic N) is 1. The van der Waals surface area contributed by atoms with Gasteiger partial charge in [0.15, 0.2) is 5.54 Å². The molecule has 2 N–H and O–H groups in total. The van der Waals surface area contributed by atoms with Gasteiger partial charge < -0.3 is 10.4 Å². The van der Waals surface area contributed by atoms with Crippen LogP contribution in [0.5, 0.6) is 0 Å². The summed E-state index contributed by atoms with van der Waals surface area (Å²) >= 11 is 0. The molecule has 0 amide bonds. The fraction of sp³-hybridized carbons (Fsp3) is 0.125. The normalized spacial score (nSPS) is 13.0. The molecule has 2 aromatic rings. The van der Waals surface area contributed by atoms with Crippen LogP contribution in [-0.4, -0.2) is 11.1 Å². The summed E-state index contributed by atoms with van der Waals surface area (Å²) in [6.45, 7) is 1.47. The molecule has 21 heavy (non-hydrogen) atoms. The van der Waals surface area contributed by atoms with E-state index in [1.54, 1.807) is 36.4 Å². The highest BCUT2D eigenvalue weighted by molar-refractivity contribution is 5.84. The minimum Gasteiger partial charge on any atom is -0.479 e. The van der Waals surface area contributed by atoms with Gasteiger partial charge in [-0.05, 0) is 24.6 Å². The summed E-state index contributed by atoms with van der Waals surface area (Å²) in [6.07, 6.45) is 0. The fourth-order valence-corrected chi connectivity index (χ4v) is 2.03. The van der Waals surface area contributed by atoms with Crippen molar-refractivity contribution in [2.75, 3.05) is 5.32 Å². The van der Waals surface area contributed by atoms with E-state index in [0.29, 0.717) is 5.56 Å². The minimum atomic E-state index is -1.47. The Balaban J connectivity index is 2.51. The van der Waals surface area contributed by atoms with Crippen molar-refractivity contribution in [3.8, 4) is 6.07 Å². The van der Waals surface area contributed by atoms with Crippen molar-refractivity contribution in [3.05, 3.63) is 65.5 Å². The van der Waals surface area contributed by atoms with Crippen molar-refractivity contribution in [2.24, 2.45) is 0 Å². The average Bonchev–Trinajstić information content (AvgIpc) is 2.48. The lowest BCUT2D eigenvalue weighted by atomic mass is 9.91. The molecule has 0 spiro atoms. The smallest absolute Gasteiger partial charge is 0.333 e. The van der Waals surface area contributed by atoms with Crippen LogP contribution in [0.25, 0.3) is 0 Å². The molecule has 0 aromatic heterocycles. The number of halogens is 1. The summed E-state index contributed by atoms with van der Waals surface area (Å²) in [4.78, 5) is 11.7.